The Morgan fingerprint density at radius 2 is 1.15 bits per heavy atom. The highest BCUT2D eigenvalue weighted by Gasteiger charge is 2.47. The average Bonchev–Trinajstić information content (AvgIpc) is 3.16. The number of rotatable bonds is 30. The van der Waals surface area contributed by atoms with Crippen molar-refractivity contribution in [1.82, 2.24) is 0 Å². The summed E-state index contributed by atoms with van der Waals surface area (Å²) in [5.41, 5.74) is 0. The fourth-order valence-corrected chi connectivity index (χ4v) is 6.25. The van der Waals surface area contributed by atoms with Gasteiger partial charge in [-0.25, -0.2) is 0 Å². The zero-order valence-electron chi connectivity index (χ0n) is 32.7. The Balaban J connectivity index is 1.74. The highest BCUT2D eigenvalue weighted by atomic mass is 16.7. The number of aliphatic hydroxyl groups excluding tert-OH is 7. The summed E-state index contributed by atoms with van der Waals surface area (Å²) >= 11 is 0. The number of allylic oxidation sites excluding steroid dienone is 4. The molecule has 2 aliphatic rings. The molecule has 11 unspecified atom stereocenters. The van der Waals surface area contributed by atoms with Crippen LogP contribution in [0, 0.1) is 0 Å². The molecule has 14 nitrogen and oxygen atoms in total. The molecule has 2 saturated heterocycles. The van der Waals surface area contributed by atoms with Crippen molar-refractivity contribution in [1.29, 1.82) is 0 Å². The van der Waals surface area contributed by atoms with E-state index >= 15 is 0 Å². The van der Waals surface area contributed by atoms with Crippen LogP contribution >= 0.6 is 0 Å². The van der Waals surface area contributed by atoms with E-state index in [-0.39, 0.29) is 19.6 Å². The molecule has 11 atom stereocenters. The zero-order valence-corrected chi connectivity index (χ0v) is 32.7. The van der Waals surface area contributed by atoms with E-state index in [0.29, 0.717) is 13.0 Å². The van der Waals surface area contributed by atoms with Gasteiger partial charge in [0.2, 0.25) is 0 Å². The van der Waals surface area contributed by atoms with Crippen molar-refractivity contribution in [3.05, 3.63) is 24.3 Å². The quantitative estimate of drug-likeness (QED) is 0.0317. The fourth-order valence-electron chi connectivity index (χ4n) is 6.25. The average molecular weight is 777 g/mol. The normalized spacial score (nSPS) is 29.6. The number of esters is 1. The summed E-state index contributed by atoms with van der Waals surface area (Å²) in [4.78, 5) is 12.5. The van der Waals surface area contributed by atoms with Gasteiger partial charge in [-0.15, -0.1) is 0 Å². The van der Waals surface area contributed by atoms with Crippen LogP contribution in [-0.2, 0) is 33.2 Å². The molecule has 2 rings (SSSR count). The van der Waals surface area contributed by atoms with Crippen molar-refractivity contribution in [3.63, 3.8) is 0 Å². The fraction of sp³-hybridized carbons (Fsp3) is 0.875. The van der Waals surface area contributed by atoms with Crippen molar-refractivity contribution >= 4 is 5.97 Å². The maximum Gasteiger partial charge on any atom is 0.306 e. The minimum Gasteiger partial charge on any atom is -0.457 e. The summed E-state index contributed by atoms with van der Waals surface area (Å²) in [6.45, 7) is 3.43. The molecule has 0 saturated carbocycles. The molecule has 316 valence electrons. The van der Waals surface area contributed by atoms with E-state index in [9.17, 15) is 40.5 Å². The molecule has 14 heteroatoms. The van der Waals surface area contributed by atoms with Crippen LogP contribution in [0.2, 0.25) is 0 Å². The summed E-state index contributed by atoms with van der Waals surface area (Å²) in [5, 5.41) is 71.4. The van der Waals surface area contributed by atoms with Gasteiger partial charge in [0, 0.05) is 13.0 Å². The molecule has 0 aromatic heterocycles. The van der Waals surface area contributed by atoms with Gasteiger partial charge in [0.1, 0.15) is 54.9 Å². The second-order valence-corrected chi connectivity index (χ2v) is 14.5. The lowest BCUT2D eigenvalue weighted by Gasteiger charge is -2.42. The topological polar surface area (TPSA) is 214 Å². The Kier molecular flexibility index (Phi) is 26.7. The molecule has 2 heterocycles. The summed E-state index contributed by atoms with van der Waals surface area (Å²) < 4.78 is 33.7. The molecule has 0 aromatic rings. The monoisotopic (exact) mass is 776 g/mol. The van der Waals surface area contributed by atoms with Gasteiger partial charge in [-0.2, -0.15) is 0 Å². The lowest BCUT2D eigenvalue weighted by atomic mass is 9.98. The standard InChI is InChI=1S/C40H72O14/c1-3-5-7-8-9-10-11-12-13-14-15-16-17-18-19-20-22-24-49-26-29(52-32(42)23-21-6-4-2)27-50-39-38(48)36(46)34(44)31(54-39)28-51-40-37(47)35(45)33(43)30(25-41)53-40/h10-11,13-14,29-31,33-41,43-48H,3-9,12,15-28H2,1-2H3/b11-10-,14-13-. The van der Waals surface area contributed by atoms with Crippen LogP contribution in [0.1, 0.15) is 123 Å². The zero-order chi connectivity index (χ0) is 39.6. The summed E-state index contributed by atoms with van der Waals surface area (Å²) in [7, 11) is 0. The molecular weight excluding hydrogens is 704 g/mol. The predicted molar refractivity (Wildman–Crippen MR) is 201 cm³/mol. The van der Waals surface area contributed by atoms with E-state index < -0.39 is 86.7 Å². The molecule has 7 N–H and O–H groups in total. The van der Waals surface area contributed by atoms with Crippen LogP contribution in [0.3, 0.4) is 0 Å². The Morgan fingerprint density at radius 1 is 0.611 bits per heavy atom. The second-order valence-electron chi connectivity index (χ2n) is 14.5. The van der Waals surface area contributed by atoms with E-state index in [0.717, 1.165) is 51.4 Å². The number of unbranched alkanes of at least 4 members (excludes halogenated alkanes) is 12. The van der Waals surface area contributed by atoms with Crippen LogP contribution in [0.5, 0.6) is 0 Å². The van der Waals surface area contributed by atoms with Gasteiger partial charge in [-0.1, -0.05) is 95.9 Å². The van der Waals surface area contributed by atoms with Gasteiger partial charge in [-0.3, -0.25) is 4.79 Å². The van der Waals surface area contributed by atoms with Crippen molar-refractivity contribution in [2.45, 2.75) is 191 Å². The molecule has 54 heavy (non-hydrogen) atoms. The molecule has 0 spiro atoms. The SMILES string of the molecule is CCCCCC/C=C\C/C=C\CCCCCCCCOCC(COC1OC(COC2OC(CO)C(O)C(O)C2O)C(O)C(O)C1O)OC(=O)CCCCC. The highest BCUT2D eigenvalue weighted by molar-refractivity contribution is 5.69. The Hall–Kier alpha value is -1.53. The second kappa shape index (κ2) is 29.7. The minimum atomic E-state index is -1.70. The number of ether oxygens (including phenoxy) is 6. The van der Waals surface area contributed by atoms with Gasteiger partial charge in [0.15, 0.2) is 12.6 Å². The van der Waals surface area contributed by atoms with Gasteiger partial charge in [0.25, 0.3) is 0 Å². The smallest absolute Gasteiger partial charge is 0.306 e. The van der Waals surface area contributed by atoms with Crippen molar-refractivity contribution < 1.29 is 69.0 Å². The van der Waals surface area contributed by atoms with Gasteiger partial charge in [-0.05, 0) is 44.9 Å². The Morgan fingerprint density at radius 3 is 1.78 bits per heavy atom. The third-order valence-corrected chi connectivity index (χ3v) is 9.71. The maximum absolute atomic E-state index is 12.5. The Labute approximate surface area is 322 Å². The van der Waals surface area contributed by atoms with Crippen LogP contribution < -0.4 is 0 Å². The third-order valence-electron chi connectivity index (χ3n) is 9.71. The summed E-state index contributed by atoms with van der Waals surface area (Å²) in [6.07, 6.45) is 10.7. The number of hydrogen-bond donors (Lipinski definition) is 7. The van der Waals surface area contributed by atoms with E-state index in [1.54, 1.807) is 0 Å². The molecule has 0 radical (unpaired) electrons. The number of aliphatic hydroxyl groups is 7. The molecule has 2 aliphatic heterocycles. The number of hydrogen-bond acceptors (Lipinski definition) is 14. The Bertz CT molecular complexity index is 996. The first kappa shape index (κ1) is 48.6. The van der Waals surface area contributed by atoms with Gasteiger partial charge < -0.3 is 64.2 Å². The van der Waals surface area contributed by atoms with Gasteiger partial charge >= 0.3 is 5.97 Å². The third kappa shape index (κ3) is 19.1. The van der Waals surface area contributed by atoms with Crippen LogP contribution in [0.25, 0.3) is 0 Å². The van der Waals surface area contributed by atoms with Gasteiger partial charge in [0.05, 0.1) is 26.4 Å². The largest absolute Gasteiger partial charge is 0.457 e. The van der Waals surface area contributed by atoms with Crippen molar-refractivity contribution in [2.75, 3.05) is 33.0 Å². The van der Waals surface area contributed by atoms with Crippen LogP contribution in [-0.4, -0.2) is 142 Å². The lowest BCUT2D eigenvalue weighted by Crippen LogP contribution is -2.61. The van der Waals surface area contributed by atoms with E-state index in [4.69, 9.17) is 28.4 Å². The van der Waals surface area contributed by atoms with E-state index in [2.05, 4.69) is 31.2 Å². The molecule has 2 fully saturated rings. The first-order valence-electron chi connectivity index (χ1n) is 20.4. The van der Waals surface area contributed by atoms with Crippen LogP contribution in [0.4, 0.5) is 0 Å². The first-order valence-corrected chi connectivity index (χ1v) is 20.4. The number of carbonyl (C=O) groups is 1. The summed E-state index contributed by atoms with van der Waals surface area (Å²) in [6, 6.07) is 0. The van der Waals surface area contributed by atoms with E-state index in [1.807, 2.05) is 6.92 Å². The van der Waals surface area contributed by atoms with Crippen molar-refractivity contribution in [2.24, 2.45) is 0 Å². The predicted octanol–water partition coefficient (Wildman–Crippen LogP) is 3.34. The lowest BCUT2D eigenvalue weighted by molar-refractivity contribution is -0.332. The molecule has 0 bridgehead atoms. The molecule has 0 amide bonds. The molecular formula is C40H72O14. The first-order chi connectivity index (χ1) is 26.1. The summed E-state index contributed by atoms with van der Waals surface area (Å²) in [5.74, 6) is -0.406. The molecule has 0 aliphatic carbocycles. The molecule has 0 aromatic carbocycles. The van der Waals surface area contributed by atoms with Crippen LogP contribution in [0.15, 0.2) is 24.3 Å². The minimum absolute atomic E-state index is 0.0531. The highest BCUT2D eigenvalue weighted by Crippen LogP contribution is 2.26. The van der Waals surface area contributed by atoms with Crippen molar-refractivity contribution in [3.8, 4) is 0 Å². The number of carbonyl (C=O) groups excluding carboxylic acids is 1. The maximum atomic E-state index is 12.5. The van der Waals surface area contributed by atoms with E-state index in [1.165, 1.54) is 44.9 Å².